The molecule has 0 aliphatic heterocycles. The van der Waals surface area contributed by atoms with E-state index >= 15 is 0 Å². The number of H-pyrrole nitrogens is 1. The first-order valence-electron chi connectivity index (χ1n) is 3.70. The van der Waals surface area contributed by atoms with E-state index in [1.165, 1.54) is 17.1 Å². The normalized spacial score (nSPS) is 11.9. The van der Waals surface area contributed by atoms with E-state index < -0.39 is 11.9 Å². The number of rotatable bonds is 1. The lowest BCUT2D eigenvalue weighted by Gasteiger charge is -1.99. The van der Waals surface area contributed by atoms with Crippen molar-refractivity contribution in [3.8, 4) is 5.82 Å². The standard InChI is InChI=1S/C7H5F3N4/c8-7(9,10)5-4-6(13-12-5)14-3-1-2-11-14/h1-4H,(H,12,13). The monoisotopic (exact) mass is 202 g/mol. The van der Waals surface area contributed by atoms with Crippen molar-refractivity contribution in [2.45, 2.75) is 6.18 Å². The van der Waals surface area contributed by atoms with Gasteiger partial charge in [-0.2, -0.15) is 23.4 Å². The number of aromatic nitrogens is 4. The maximum Gasteiger partial charge on any atom is 0.432 e. The van der Waals surface area contributed by atoms with Gasteiger partial charge in [0.15, 0.2) is 5.82 Å². The van der Waals surface area contributed by atoms with Crippen LogP contribution >= 0.6 is 0 Å². The highest BCUT2D eigenvalue weighted by molar-refractivity contribution is 5.24. The number of alkyl halides is 3. The van der Waals surface area contributed by atoms with Gasteiger partial charge in [0.2, 0.25) is 0 Å². The molecule has 4 nitrogen and oxygen atoms in total. The maximum atomic E-state index is 12.1. The van der Waals surface area contributed by atoms with Gasteiger partial charge in [0.1, 0.15) is 5.69 Å². The fourth-order valence-electron chi connectivity index (χ4n) is 0.978. The van der Waals surface area contributed by atoms with Gasteiger partial charge in [-0.05, 0) is 6.07 Å². The van der Waals surface area contributed by atoms with Crippen molar-refractivity contribution in [2.75, 3.05) is 0 Å². The lowest BCUT2D eigenvalue weighted by molar-refractivity contribution is -0.141. The summed E-state index contributed by atoms with van der Waals surface area (Å²) in [6.07, 6.45) is -1.43. The third-order valence-electron chi connectivity index (χ3n) is 1.61. The van der Waals surface area contributed by atoms with Gasteiger partial charge < -0.3 is 0 Å². The second-order valence-corrected chi connectivity index (χ2v) is 2.59. The van der Waals surface area contributed by atoms with Crippen LogP contribution in [0, 0.1) is 0 Å². The number of aromatic amines is 1. The predicted octanol–water partition coefficient (Wildman–Crippen LogP) is 1.61. The molecule has 0 saturated heterocycles. The van der Waals surface area contributed by atoms with Crippen LogP contribution in [0.1, 0.15) is 5.69 Å². The van der Waals surface area contributed by atoms with Crippen molar-refractivity contribution in [1.82, 2.24) is 20.0 Å². The van der Waals surface area contributed by atoms with Gasteiger partial charge in [0, 0.05) is 18.5 Å². The lowest BCUT2D eigenvalue weighted by Crippen LogP contribution is -2.04. The van der Waals surface area contributed by atoms with Crippen molar-refractivity contribution in [2.24, 2.45) is 0 Å². The highest BCUT2D eigenvalue weighted by Gasteiger charge is 2.33. The molecular weight excluding hydrogens is 197 g/mol. The second kappa shape index (κ2) is 2.86. The van der Waals surface area contributed by atoms with Crippen molar-refractivity contribution < 1.29 is 13.2 Å². The average Bonchev–Trinajstić information content (AvgIpc) is 2.73. The number of hydrogen-bond acceptors (Lipinski definition) is 2. The number of nitrogens with one attached hydrogen (secondary N) is 1. The van der Waals surface area contributed by atoms with Gasteiger partial charge in [-0.1, -0.05) is 0 Å². The Morgan fingerprint density at radius 3 is 2.64 bits per heavy atom. The van der Waals surface area contributed by atoms with Crippen molar-refractivity contribution in [3.63, 3.8) is 0 Å². The average molecular weight is 202 g/mol. The van der Waals surface area contributed by atoms with Gasteiger partial charge >= 0.3 is 6.18 Å². The number of nitrogens with zero attached hydrogens (tertiary/aromatic N) is 3. The van der Waals surface area contributed by atoms with Crippen molar-refractivity contribution in [3.05, 3.63) is 30.2 Å². The lowest BCUT2D eigenvalue weighted by atomic mass is 10.4. The van der Waals surface area contributed by atoms with Gasteiger partial charge in [-0.25, -0.2) is 4.68 Å². The summed E-state index contributed by atoms with van der Waals surface area (Å²) in [5.41, 5.74) is -0.886. The van der Waals surface area contributed by atoms with E-state index in [1.54, 1.807) is 6.07 Å². The molecule has 2 aromatic rings. The molecule has 7 heteroatoms. The molecule has 74 valence electrons. The molecule has 14 heavy (non-hydrogen) atoms. The zero-order chi connectivity index (χ0) is 10.2. The van der Waals surface area contributed by atoms with E-state index in [2.05, 4.69) is 10.2 Å². The molecule has 0 radical (unpaired) electrons. The molecule has 1 N–H and O–H groups in total. The predicted molar refractivity (Wildman–Crippen MR) is 40.7 cm³/mol. The molecule has 0 amide bonds. The summed E-state index contributed by atoms with van der Waals surface area (Å²) < 4.78 is 37.7. The van der Waals surface area contributed by atoms with Gasteiger partial charge in [-0.3, -0.25) is 5.10 Å². The Labute approximate surface area is 76.4 Å². The van der Waals surface area contributed by atoms with Gasteiger partial charge in [-0.15, -0.1) is 0 Å². The summed E-state index contributed by atoms with van der Waals surface area (Å²) in [5.74, 6) is 0.113. The summed E-state index contributed by atoms with van der Waals surface area (Å²) in [6.45, 7) is 0. The molecule has 0 aromatic carbocycles. The largest absolute Gasteiger partial charge is 0.432 e. The molecule has 0 fully saturated rings. The highest BCUT2D eigenvalue weighted by Crippen LogP contribution is 2.28. The molecule has 0 bridgehead atoms. The molecule has 0 spiro atoms. The van der Waals surface area contributed by atoms with Crippen molar-refractivity contribution >= 4 is 0 Å². The first-order chi connectivity index (χ1) is 6.57. The van der Waals surface area contributed by atoms with E-state index in [9.17, 15) is 13.2 Å². The summed E-state index contributed by atoms with van der Waals surface area (Å²) in [4.78, 5) is 0. The van der Waals surface area contributed by atoms with E-state index in [-0.39, 0.29) is 5.82 Å². The molecule has 0 aliphatic carbocycles. The number of hydrogen-bond donors (Lipinski definition) is 1. The molecule has 0 aliphatic rings. The first kappa shape index (κ1) is 8.79. The van der Waals surface area contributed by atoms with Crippen LogP contribution in [-0.2, 0) is 6.18 Å². The quantitative estimate of drug-likeness (QED) is 0.763. The van der Waals surface area contributed by atoms with Crippen LogP contribution in [0.3, 0.4) is 0 Å². The Kier molecular flexibility index (Phi) is 1.80. The van der Waals surface area contributed by atoms with Crippen LogP contribution in [0.15, 0.2) is 24.5 Å². The van der Waals surface area contributed by atoms with E-state index in [4.69, 9.17) is 0 Å². The van der Waals surface area contributed by atoms with E-state index in [1.807, 2.05) is 5.10 Å². The topological polar surface area (TPSA) is 46.5 Å². The molecule has 0 saturated carbocycles. The molecule has 2 heterocycles. The minimum atomic E-state index is -4.40. The van der Waals surface area contributed by atoms with E-state index in [0.29, 0.717) is 0 Å². The van der Waals surface area contributed by atoms with Crippen LogP contribution in [0.25, 0.3) is 5.82 Å². The highest BCUT2D eigenvalue weighted by atomic mass is 19.4. The Bertz CT molecular complexity index is 414. The molecule has 2 rings (SSSR count). The SMILES string of the molecule is FC(F)(F)c1cc(-n2cccn2)n[nH]1. The van der Waals surface area contributed by atoms with E-state index in [0.717, 1.165) is 6.07 Å². The smallest absolute Gasteiger partial charge is 0.271 e. The molecule has 2 aromatic heterocycles. The molecule has 0 unspecified atom stereocenters. The zero-order valence-corrected chi connectivity index (χ0v) is 6.78. The second-order valence-electron chi connectivity index (χ2n) is 2.59. The van der Waals surface area contributed by atoms with Crippen LogP contribution in [-0.4, -0.2) is 20.0 Å². The Morgan fingerprint density at radius 1 is 1.36 bits per heavy atom. The first-order valence-corrected chi connectivity index (χ1v) is 3.70. The fourth-order valence-corrected chi connectivity index (χ4v) is 0.978. The molecular formula is C7H5F3N4. The summed E-state index contributed by atoms with van der Waals surface area (Å²) in [7, 11) is 0. The summed E-state index contributed by atoms with van der Waals surface area (Å²) in [5, 5.41) is 9.13. The van der Waals surface area contributed by atoms with Crippen LogP contribution < -0.4 is 0 Å². The number of halogens is 3. The summed E-state index contributed by atoms with van der Waals surface area (Å²) in [6, 6.07) is 2.49. The zero-order valence-electron chi connectivity index (χ0n) is 6.78. The van der Waals surface area contributed by atoms with Crippen molar-refractivity contribution in [1.29, 1.82) is 0 Å². The Morgan fingerprint density at radius 2 is 2.14 bits per heavy atom. The Balaban J connectivity index is 2.36. The third-order valence-corrected chi connectivity index (χ3v) is 1.61. The van der Waals surface area contributed by atoms with Crippen LogP contribution in [0.2, 0.25) is 0 Å². The third kappa shape index (κ3) is 1.48. The molecule has 0 atom stereocenters. The summed E-state index contributed by atoms with van der Waals surface area (Å²) >= 11 is 0. The van der Waals surface area contributed by atoms with Gasteiger partial charge in [0.05, 0.1) is 0 Å². The minimum Gasteiger partial charge on any atom is -0.271 e. The Hall–Kier alpha value is -1.79. The van der Waals surface area contributed by atoms with Crippen LogP contribution in [0.5, 0.6) is 0 Å². The van der Waals surface area contributed by atoms with Gasteiger partial charge in [0.25, 0.3) is 0 Å². The fraction of sp³-hybridized carbons (Fsp3) is 0.143. The van der Waals surface area contributed by atoms with Crippen LogP contribution in [0.4, 0.5) is 13.2 Å². The minimum absolute atomic E-state index is 0.113. The maximum absolute atomic E-state index is 12.1.